The van der Waals surface area contributed by atoms with Crippen molar-refractivity contribution in [2.24, 2.45) is 0 Å². The van der Waals surface area contributed by atoms with Gasteiger partial charge in [-0.2, -0.15) is 0 Å². The standard InChI is InChI=1S/C17H21N5O/c1-12-13(2)22(10-14-4-7-18-8-5-14)17-15(12)16(20-11-21-17)19-6-3-9-23/h4-5,7-8,11,23H,3,6,9-10H2,1-2H3,(H,19,20,21). The first-order chi connectivity index (χ1) is 11.2. The zero-order valence-corrected chi connectivity index (χ0v) is 13.5. The second-order valence-corrected chi connectivity index (χ2v) is 5.58. The number of rotatable bonds is 6. The molecule has 0 spiro atoms. The summed E-state index contributed by atoms with van der Waals surface area (Å²) in [6.45, 7) is 5.82. The lowest BCUT2D eigenvalue weighted by molar-refractivity contribution is 0.292. The molecule has 3 aromatic rings. The Morgan fingerprint density at radius 2 is 1.96 bits per heavy atom. The zero-order chi connectivity index (χ0) is 16.2. The third kappa shape index (κ3) is 3.03. The first-order valence-electron chi connectivity index (χ1n) is 7.76. The van der Waals surface area contributed by atoms with Gasteiger partial charge in [0.2, 0.25) is 0 Å². The summed E-state index contributed by atoms with van der Waals surface area (Å²) in [5.74, 6) is 0.831. The van der Waals surface area contributed by atoms with Gasteiger partial charge >= 0.3 is 0 Å². The molecule has 0 aliphatic rings. The molecule has 0 bridgehead atoms. The maximum absolute atomic E-state index is 8.94. The second kappa shape index (κ2) is 6.75. The van der Waals surface area contributed by atoms with E-state index in [0.29, 0.717) is 13.0 Å². The number of aromatic nitrogens is 4. The summed E-state index contributed by atoms with van der Waals surface area (Å²) >= 11 is 0. The van der Waals surface area contributed by atoms with Crippen LogP contribution in [0.15, 0.2) is 30.9 Å². The Labute approximate surface area is 135 Å². The summed E-state index contributed by atoms with van der Waals surface area (Å²) in [6, 6.07) is 4.03. The number of aliphatic hydroxyl groups is 1. The Morgan fingerprint density at radius 3 is 2.70 bits per heavy atom. The van der Waals surface area contributed by atoms with Crippen LogP contribution in [0.1, 0.15) is 23.2 Å². The van der Waals surface area contributed by atoms with Crippen LogP contribution in [-0.4, -0.2) is 37.8 Å². The van der Waals surface area contributed by atoms with Crippen LogP contribution < -0.4 is 5.32 Å². The summed E-state index contributed by atoms with van der Waals surface area (Å²) in [6.07, 6.45) is 5.90. The smallest absolute Gasteiger partial charge is 0.146 e. The Bertz CT molecular complexity index is 798. The molecule has 0 amide bonds. The molecule has 6 nitrogen and oxygen atoms in total. The monoisotopic (exact) mass is 311 g/mol. The van der Waals surface area contributed by atoms with Crippen molar-refractivity contribution in [3.8, 4) is 0 Å². The number of hydrogen-bond donors (Lipinski definition) is 2. The van der Waals surface area contributed by atoms with E-state index in [4.69, 9.17) is 5.11 Å². The van der Waals surface area contributed by atoms with E-state index in [1.165, 1.54) is 16.8 Å². The van der Waals surface area contributed by atoms with E-state index < -0.39 is 0 Å². The molecule has 0 aliphatic carbocycles. The minimum Gasteiger partial charge on any atom is -0.396 e. The van der Waals surface area contributed by atoms with Crippen LogP contribution in [0, 0.1) is 13.8 Å². The van der Waals surface area contributed by atoms with E-state index in [9.17, 15) is 0 Å². The number of pyridine rings is 1. The number of nitrogens with zero attached hydrogens (tertiary/aromatic N) is 4. The molecule has 0 fully saturated rings. The van der Waals surface area contributed by atoms with Crippen molar-refractivity contribution in [2.75, 3.05) is 18.5 Å². The minimum absolute atomic E-state index is 0.169. The van der Waals surface area contributed by atoms with Gasteiger partial charge in [-0.25, -0.2) is 9.97 Å². The Morgan fingerprint density at radius 1 is 1.17 bits per heavy atom. The molecule has 6 heteroatoms. The predicted molar refractivity (Wildman–Crippen MR) is 90.5 cm³/mol. The average molecular weight is 311 g/mol. The lowest BCUT2D eigenvalue weighted by atomic mass is 10.2. The van der Waals surface area contributed by atoms with Gasteiger partial charge in [0.15, 0.2) is 0 Å². The molecule has 0 saturated carbocycles. The highest BCUT2D eigenvalue weighted by Crippen LogP contribution is 2.29. The molecule has 0 radical (unpaired) electrons. The third-order valence-electron chi connectivity index (χ3n) is 4.12. The van der Waals surface area contributed by atoms with Crippen molar-refractivity contribution in [1.29, 1.82) is 0 Å². The number of aryl methyl sites for hydroxylation is 1. The number of hydrogen-bond acceptors (Lipinski definition) is 5. The number of nitrogens with one attached hydrogen (secondary N) is 1. The van der Waals surface area contributed by atoms with Crippen molar-refractivity contribution in [2.45, 2.75) is 26.8 Å². The van der Waals surface area contributed by atoms with Crippen molar-refractivity contribution in [3.05, 3.63) is 47.7 Å². The van der Waals surface area contributed by atoms with E-state index in [1.807, 2.05) is 12.1 Å². The summed E-state index contributed by atoms with van der Waals surface area (Å²) in [5.41, 5.74) is 4.48. The van der Waals surface area contributed by atoms with Crippen LogP contribution in [0.25, 0.3) is 11.0 Å². The van der Waals surface area contributed by atoms with E-state index in [0.717, 1.165) is 23.4 Å². The SMILES string of the molecule is Cc1c(C)n(Cc2ccncc2)c2ncnc(NCCCO)c12. The molecular weight excluding hydrogens is 290 g/mol. The topological polar surface area (TPSA) is 75.9 Å². The van der Waals surface area contributed by atoms with Crippen LogP contribution in [0.2, 0.25) is 0 Å². The van der Waals surface area contributed by atoms with Gasteiger partial charge in [0, 0.05) is 37.8 Å². The average Bonchev–Trinajstić information content (AvgIpc) is 2.82. The molecule has 3 heterocycles. The molecule has 0 unspecified atom stereocenters. The van der Waals surface area contributed by atoms with E-state index in [2.05, 4.69) is 38.7 Å². The first kappa shape index (κ1) is 15.4. The number of aliphatic hydroxyl groups excluding tert-OH is 1. The largest absolute Gasteiger partial charge is 0.396 e. The summed E-state index contributed by atoms with van der Waals surface area (Å²) in [7, 11) is 0. The fourth-order valence-corrected chi connectivity index (χ4v) is 2.75. The van der Waals surface area contributed by atoms with Gasteiger partial charge < -0.3 is 15.0 Å². The first-order valence-corrected chi connectivity index (χ1v) is 7.76. The van der Waals surface area contributed by atoms with Gasteiger partial charge in [0.05, 0.1) is 5.39 Å². The van der Waals surface area contributed by atoms with Crippen molar-refractivity contribution >= 4 is 16.9 Å². The minimum atomic E-state index is 0.169. The maximum Gasteiger partial charge on any atom is 0.146 e. The summed E-state index contributed by atoms with van der Waals surface area (Å²) < 4.78 is 2.21. The van der Waals surface area contributed by atoms with E-state index >= 15 is 0 Å². The van der Waals surface area contributed by atoms with Crippen molar-refractivity contribution in [3.63, 3.8) is 0 Å². The van der Waals surface area contributed by atoms with E-state index in [-0.39, 0.29) is 6.61 Å². The molecule has 0 atom stereocenters. The van der Waals surface area contributed by atoms with Gasteiger partial charge in [0.25, 0.3) is 0 Å². The lowest BCUT2D eigenvalue weighted by Gasteiger charge is -2.08. The fraction of sp³-hybridized carbons (Fsp3) is 0.353. The Hall–Kier alpha value is -2.47. The van der Waals surface area contributed by atoms with E-state index in [1.54, 1.807) is 18.7 Å². The highest BCUT2D eigenvalue weighted by Gasteiger charge is 2.16. The molecule has 0 saturated heterocycles. The predicted octanol–water partition coefficient (Wildman–Crippen LogP) is 2.29. The van der Waals surface area contributed by atoms with Crippen molar-refractivity contribution < 1.29 is 5.11 Å². The zero-order valence-electron chi connectivity index (χ0n) is 13.5. The molecule has 23 heavy (non-hydrogen) atoms. The van der Waals surface area contributed by atoms with Crippen LogP contribution in [0.5, 0.6) is 0 Å². The van der Waals surface area contributed by atoms with Gasteiger partial charge in [0.1, 0.15) is 17.8 Å². The Balaban J connectivity index is 2.02. The van der Waals surface area contributed by atoms with Gasteiger partial charge in [-0.3, -0.25) is 4.98 Å². The Kier molecular flexibility index (Phi) is 4.52. The normalized spacial score (nSPS) is 11.1. The second-order valence-electron chi connectivity index (χ2n) is 5.58. The summed E-state index contributed by atoms with van der Waals surface area (Å²) in [5, 5.41) is 13.3. The molecule has 2 N–H and O–H groups in total. The van der Waals surface area contributed by atoms with Crippen LogP contribution in [0.3, 0.4) is 0 Å². The molecule has 0 aromatic carbocycles. The maximum atomic E-state index is 8.94. The molecule has 3 rings (SSSR count). The van der Waals surface area contributed by atoms with Crippen LogP contribution in [-0.2, 0) is 6.54 Å². The molecular formula is C17H21N5O. The van der Waals surface area contributed by atoms with Crippen LogP contribution in [0.4, 0.5) is 5.82 Å². The van der Waals surface area contributed by atoms with Gasteiger partial charge in [-0.15, -0.1) is 0 Å². The molecule has 3 aromatic heterocycles. The summed E-state index contributed by atoms with van der Waals surface area (Å²) in [4.78, 5) is 12.9. The molecule has 0 aliphatic heterocycles. The van der Waals surface area contributed by atoms with Crippen LogP contribution >= 0.6 is 0 Å². The van der Waals surface area contributed by atoms with Gasteiger partial charge in [-0.05, 0) is 43.5 Å². The van der Waals surface area contributed by atoms with Gasteiger partial charge in [-0.1, -0.05) is 0 Å². The number of anilines is 1. The van der Waals surface area contributed by atoms with Crippen molar-refractivity contribution in [1.82, 2.24) is 19.5 Å². The highest BCUT2D eigenvalue weighted by atomic mass is 16.3. The molecule has 120 valence electrons. The highest BCUT2D eigenvalue weighted by molar-refractivity contribution is 5.91. The number of fused-ring (bicyclic) bond motifs is 1. The fourth-order valence-electron chi connectivity index (χ4n) is 2.75. The lowest BCUT2D eigenvalue weighted by Crippen LogP contribution is -2.06. The third-order valence-corrected chi connectivity index (χ3v) is 4.12. The quantitative estimate of drug-likeness (QED) is 0.683.